The van der Waals surface area contributed by atoms with Crippen LogP contribution in [0.2, 0.25) is 0 Å². The summed E-state index contributed by atoms with van der Waals surface area (Å²) < 4.78 is 19.5. The Kier molecular flexibility index (Phi) is 4.86. The Hall–Kier alpha value is -1.71. The normalized spacial score (nSPS) is 24.5. The monoisotopic (exact) mass is 299 g/mol. The minimum Gasteiger partial charge on any atom is -0.372 e. The molecule has 3 atom stereocenters. The first-order valence-electron chi connectivity index (χ1n) is 7.93. The van der Waals surface area contributed by atoms with Crippen molar-refractivity contribution < 1.29 is 9.13 Å². The summed E-state index contributed by atoms with van der Waals surface area (Å²) in [4.78, 5) is 0. The van der Waals surface area contributed by atoms with Crippen LogP contribution < -0.4 is 5.32 Å². The van der Waals surface area contributed by atoms with Crippen LogP contribution in [0.1, 0.15) is 36.9 Å². The lowest BCUT2D eigenvalue weighted by Gasteiger charge is -2.18. The van der Waals surface area contributed by atoms with Crippen LogP contribution in [0, 0.1) is 5.82 Å². The van der Waals surface area contributed by atoms with Crippen molar-refractivity contribution >= 4 is 0 Å². The molecule has 3 unspecified atom stereocenters. The van der Waals surface area contributed by atoms with Gasteiger partial charge in [-0.15, -0.1) is 0 Å². The predicted molar refractivity (Wildman–Crippen MR) is 86.0 cm³/mol. The Morgan fingerprint density at radius 3 is 2.68 bits per heavy atom. The molecule has 1 aliphatic rings. The number of nitrogens with one attached hydrogen (secondary N) is 1. The minimum absolute atomic E-state index is 0.165. The summed E-state index contributed by atoms with van der Waals surface area (Å²) in [5.74, 6) is -0.180. The van der Waals surface area contributed by atoms with E-state index in [2.05, 4.69) is 24.4 Å². The molecule has 1 aliphatic heterocycles. The van der Waals surface area contributed by atoms with Crippen LogP contribution in [0.15, 0.2) is 54.6 Å². The predicted octanol–water partition coefficient (Wildman–Crippen LogP) is 4.22. The first kappa shape index (κ1) is 15.2. The molecule has 0 saturated carbocycles. The van der Waals surface area contributed by atoms with Crippen LogP contribution in [-0.4, -0.2) is 12.1 Å². The van der Waals surface area contributed by atoms with Crippen molar-refractivity contribution in [1.29, 1.82) is 0 Å². The van der Waals surface area contributed by atoms with Gasteiger partial charge >= 0.3 is 0 Å². The molecule has 1 N–H and O–H groups in total. The van der Waals surface area contributed by atoms with Gasteiger partial charge in [0.1, 0.15) is 5.82 Å². The molecule has 116 valence electrons. The molecule has 1 saturated heterocycles. The van der Waals surface area contributed by atoms with E-state index < -0.39 is 0 Å². The number of halogens is 1. The van der Waals surface area contributed by atoms with E-state index in [1.807, 2.05) is 24.3 Å². The van der Waals surface area contributed by atoms with Crippen molar-refractivity contribution in [3.05, 3.63) is 71.5 Å². The quantitative estimate of drug-likeness (QED) is 0.892. The van der Waals surface area contributed by atoms with Crippen molar-refractivity contribution in [2.75, 3.05) is 0 Å². The molecule has 2 aromatic rings. The minimum atomic E-state index is -0.180. The van der Waals surface area contributed by atoms with Gasteiger partial charge in [-0.25, -0.2) is 4.39 Å². The van der Waals surface area contributed by atoms with Crippen molar-refractivity contribution in [1.82, 2.24) is 5.32 Å². The maximum absolute atomic E-state index is 13.4. The number of rotatable bonds is 5. The van der Waals surface area contributed by atoms with Crippen LogP contribution in [0.25, 0.3) is 0 Å². The third-order valence-electron chi connectivity index (χ3n) is 4.33. The fourth-order valence-corrected chi connectivity index (χ4v) is 3.13. The van der Waals surface area contributed by atoms with E-state index in [-0.39, 0.29) is 18.0 Å². The Labute approximate surface area is 131 Å². The average molecular weight is 299 g/mol. The van der Waals surface area contributed by atoms with Crippen molar-refractivity contribution in [3.63, 3.8) is 0 Å². The van der Waals surface area contributed by atoms with Crippen LogP contribution in [0.4, 0.5) is 4.39 Å². The highest BCUT2D eigenvalue weighted by Gasteiger charge is 2.34. The van der Waals surface area contributed by atoms with Gasteiger partial charge in [-0.05, 0) is 36.1 Å². The van der Waals surface area contributed by atoms with Gasteiger partial charge < -0.3 is 10.1 Å². The molecule has 1 heterocycles. The Morgan fingerprint density at radius 1 is 1.14 bits per heavy atom. The molecule has 22 heavy (non-hydrogen) atoms. The van der Waals surface area contributed by atoms with E-state index >= 15 is 0 Å². The van der Waals surface area contributed by atoms with Crippen LogP contribution in [0.5, 0.6) is 0 Å². The van der Waals surface area contributed by atoms with E-state index in [9.17, 15) is 4.39 Å². The second-order valence-corrected chi connectivity index (χ2v) is 5.86. The molecule has 0 radical (unpaired) electrons. The van der Waals surface area contributed by atoms with Gasteiger partial charge in [0.15, 0.2) is 0 Å². The molecule has 0 bridgehead atoms. The zero-order valence-electron chi connectivity index (χ0n) is 12.8. The first-order valence-corrected chi connectivity index (χ1v) is 7.93. The summed E-state index contributed by atoms with van der Waals surface area (Å²) in [5, 5.41) is 3.58. The smallest absolute Gasteiger partial charge is 0.123 e. The number of hydrogen-bond donors (Lipinski definition) is 1. The largest absolute Gasteiger partial charge is 0.372 e. The van der Waals surface area contributed by atoms with Crippen molar-refractivity contribution in [3.8, 4) is 0 Å². The Morgan fingerprint density at radius 2 is 1.95 bits per heavy atom. The van der Waals surface area contributed by atoms with Gasteiger partial charge in [0.2, 0.25) is 0 Å². The SMILES string of the molecule is CCC1NC(c2cccc(F)c2)CC1OCc1ccccc1. The molecule has 1 fully saturated rings. The lowest BCUT2D eigenvalue weighted by Crippen LogP contribution is -2.31. The van der Waals surface area contributed by atoms with E-state index in [1.54, 1.807) is 12.1 Å². The van der Waals surface area contributed by atoms with Gasteiger partial charge in [0, 0.05) is 12.1 Å². The maximum Gasteiger partial charge on any atom is 0.123 e. The summed E-state index contributed by atoms with van der Waals surface area (Å²) in [5.41, 5.74) is 2.19. The molecule has 2 aromatic carbocycles. The molecule has 0 amide bonds. The second-order valence-electron chi connectivity index (χ2n) is 5.86. The summed E-state index contributed by atoms with van der Waals surface area (Å²) in [6, 6.07) is 17.5. The number of benzene rings is 2. The molecule has 3 rings (SSSR count). The highest BCUT2D eigenvalue weighted by Crippen LogP contribution is 2.30. The van der Waals surface area contributed by atoms with Gasteiger partial charge in [0.25, 0.3) is 0 Å². The second kappa shape index (κ2) is 7.03. The topological polar surface area (TPSA) is 21.3 Å². The summed E-state index contributed by atoms with van der Waals surface area (Å²) >= 11 is 0. The molecular formula is C19H22FNO. The standard InChI is InChI=1S/C19H22FNO/c1-2-17-19(22-13-14-7-4-3-5-8-14)12-18(21-17)15-9-6-10-16(20)11-15/h3-11,17-19,21H,2,12-13H2,1H3. The number of ether oxygens (including phenoxy) is 1. The molecule has 2 nitrogen and oxygen atoms in total. The van der Waals surface area contributed by atoms with Gasteiger partial charge in [-0.1, -0.05) is 49.4 Å². The Balaban J connectivity index is 1.64. The van der Waals surface area contributed by atoms with Gasteiger partial charge in [0.05, 0.1) is 12.7 Å². The molecule has 0 spiro atoms. The molecular weight excluding hydrogens is 277 g/mol. The van der Waals surface area contributed by atoms with E-state index in [1.165, 1.54) is 11.6 Å². The van der Waals surface area contributed by atoms with Crippen LogP contribution in [-0.2, 0) is 11.3 Å². The maximum atomic E-state index is 13.4. The average Bonchev–Trinajstić information content (AvgIpc) is 2.97. The third kappa shape index (κ3) is 3.54. The Bertz CT molecular complexity index is 601. The van der Waals surface area contributed by atoms with E-state index in [0.29, 0.717) is 12.6 Å². The van der Waals surface area contributed by atoms with Gasteiger partial charge in [-0.2, -0.15) is 0 Å². The number of hydrogen-bond acceptors (Lipinski definition) is 2. The lowest BCUT2D eigenvalue weighted by molar-refractivity contribution is 0.0312. The fraction of sp³-hybridized carbons (Fsp3) is 0.368. The van der Waals surface area contributed by atoms with E-state index in [0.717, 1.165) is 18.4 Å². The third-order valence-corrected chi connectivity index (χ3v) is 4.33. The van der Waals surface area contributed by atoms with Gasteiger partial charge in [-0.3, -0.25) is 0 Å². The summed E-state index contributed by atoms with van der Waals surface area (Å²) in [7, 11) is 0. The highest BCUT2D eigenvalue weighted by molar-refractivity contribution is 5.22. The molecule has 3 heteroatoms. The summed E-state index contributed by atoms with van der Waals surface area (Å²) in [6.45, 7) is 2.78. The van der Waals surface area contributed by atoms with Crippen molar-refractivity contribution in [2.45, 2.75) is 44.6 Å². The first-order chi connectivity index (χ1) is 10.8. The van der Waals surface area contributed by atoms with Crippen molar-refractivity contribution in [2.24, 2.45) is 0 Å². The van der Waals surface area contributed by atoms with Crippen LogP contribution >= 0.6 is 0 Å². The highest BCUT2D eigenvalue weighted by atomic mass is 19.1. The zero-order valence-corrected chi connectivity index (χ0v) is 12.8. The van der Waals surface area contributed by atoms with Crippen LogP contribution in [0.3, 0.4) is 0 Å². The zero-order chi connectivity index (χ0) is 15.4. The summed E-state index contributed by atoms with van der Waals surface area (Å²) in [6.07, 6.45) is 2.05. The lowest BCUT2D eigenvalue weighted by atomic mass is 10.0. The fourth-order valence-electron chi connectivity index (χ4n) is 3.13. The molecule has 0 aromatic heterocycles. The molecule has 0 aliphatic carbocycles. The van der Waals surface area contributed by atoms with E-state index in [4.69, 9.17) is 4.74 Å².